The highest BCUT2D eigenvalue weighted by Gasteiger charge is 2.24. The van der Waals surface area contributed by atoms with E-state index in [4.69, 9.17) is 4.74 Å². The van der Waals surface area contributed by atoms with Crippen molar-refractivity contribution in [3.8, 4) is 0 Å². The summed E-state index contributed by atoms with van der Waals surface area (Å²) in [6.07, 6.45) is 6.51. The topological polar surface area (TPSA) is 90.9 Å². The average molecular weight is 561 g/mol. The quantitative estimate of drug-likeness (QED) is 0.277. The van der Waals surface area contributed by atoms with E-state index < -0.39 is 17.2 Å². The van der Waals surface area contributed by atoms with Crippen LogP contribution < -0.4 is 20.9 Å². The normalized spacial score (nSPS) is 15.3. The fourth-order valence-electron chi connectivity index (χ4n) is 3.38. The van der Waals surface area contributed by atoms with Crippen molar-refractivity contribution < 1.29 is 9.53 Å². The van der Waals surface area contributed by atoms with Crippen molar-refractivity contribution in [3.63, 3.8) is 0 Å². The number of aliphatic imine (C=N–C) groups is 1. The number of pyridine rings is 1. The molecule has 0 aromatic carbocycles. The second kappa shape index (κ2) is 13.1. The number of alkyl carbamates (subject to hydrolysis) is 1. The number of nitrogens with one attached hydrogen (secondary N) is 3. The van der Waals surface area contributed by atoms with E-state index >= 15 is 0 Å². The first-order chi connectivity index (χ1) is 14.6. The number of hydrogen-bond acceptors (Lipinski definition) is 5. The van der Waals surface area contributed by atoms with Gasteiger partial charge in [-0.3, -0.25) is 4.99 Å². The molecule has 182 valence electrons. The predicted molar refractivity (Wildman–Crippen MR) is 142 cm³/mol. The van der Waals surface area contributed by atoms with Crippen molar-refractivity contribution in [2.24, 2.45) is 4.99 Å². The third-order valence-electron chi connectivity index (χ3n) is 4.96. The summed E-state index contributed by atoms with van der Waals surface area (Å²) in [5.41, 5.74) is 0.127. The fourth-order valence-corrected chi connectivity index (χ4v) is 3.38. The van der Waals surface area contributed by atoms with E-state index in [0.717, 1.165) is 24.5 Å². The Balaban J connectivity index is 0.00000512. The van der Waals surface area contributed by atoms with Gasteiger partial charge in [-0.05, 0) is 65.2 Å². The van der Waals surface area contributed by atoms with Crippen molar-refractivity contribution in [1.29, 1.82) is 0 Å². The molecular weight excluding hydrogens is 519 g/mol. The Kier molecular flexibility index (Phi) is 11.5. The number of hydrogen-bond donors (Lipinski definition) is 3. The molecular formula is C23H41IN6O2. The van der Waals surface area contributed by atoms with Crippen LogP contribution >= 0.6 is 24.0 Å². The number of ether oxygens (including phenoxy) is 1. The maximum atomic E-state index is 12.1. The van der Waals surface area contributed by atoms with Gasteiger partial charge in [-0.1, -0.05) is 12.8 Å². The maximum Gasteiger partial charge on any atom is 0.408 e. The second-order valence-corrected chi connectivity index (χ2v) is 9.71. The van der Waals surface area contributed by atoms with Crippen LogP contribution in [0.2, 0.25) is 0 Å². The number of carbonyl (C=O) groups is 1. The minimum atomic E-state index is -0.526. The first kappa shape index (κ1) is 28.3. The minimum absolute atomic E-state index is 0. The van der Waals surface area contributed by atoms with Gasteiger partial charge in [0, 0.05) is 39.4 Å². The third kappa shape index (κ3) is 10.7. The molecule has 0 radical (unpaired) electrons. The Morgan fingerprint density at radius 1 is 1.12 bits per heavy atom. The van der Waals surface area contributed by atoms with Crippen LogP contribution in [0.25, 0.3) is 0 Å². The Morgan fingerprint density at radius 2 is 1.78 bits per heavy atom. The summed E-state index contributed by atoms with van der Waals surface area (Å²) < 4.78 is 5.35. The number of aromatic nitrogens is 1. The van der Waals surface area contributed by atoms with Gasteiger partial charge in [-0.2, -0.15) is 0 Å². The van der Waals surface area contributed by atoms with Gasteiger partial charge < -0.3 is 25.6 Å². The van der Waals surface area contributed by atoms with Crippen molar-refractivity contribution in [3.05, 3.63) is 23.9 Å². The molecule has 3 N–H and O–H groups in total. The predicted octanol–water partition coefficient (Wildman–Crippen LogP) is 4.05. The van der Waals surface area contributed by atoms with Gasteiger partial charge in [0.25, 0.3) is 0 Å². The van der Waals surface area contributed by atoms with Crippen LogP contribution in [0.4, 0.5) is 10.6 Å². The SMILES string of the molecule is CN=C(NCc1ccnc(N2CCCCCC2)c1)NCC(C)(C)NC(=O)OC(C)(C)C.I. The first-order valence-electron chi connectivity index (χ1n) is 11.2. The van der Waals surface area contributed by atoms with Crippen LogP contribution in [0.1, 0.15) is 65.9 Å². The summed E-state index contributed by atoms with van der Waals surface area (Å²) in [5.74, 6) is 1.72. The monoisotopic (exact) mass is 560 g/mol. The summed E-state index contributed by atoms with van der Waals surface area (Å²) in [4.78, 5) is 23.3. The van der Waals surface area contributed by atoms with Crippen LogP contribution in [-0.2, 0) is 11.3 Å². The molecule has 0 bridgehead atoms. The highest BCUT2D eigenvalue weighted by atomic mass is 127. The number of anilines is 1. The lowest BCUT2D eigenvalue weighted by molar-refractivity contribution is 0.0474. The lowest BCUT2D eigenvalue weighted by Gasteiger charge is -2.29. The van der Waals surface area contributed by atoms with Gasteiger partial charge in [0.15, 0.2) is 5.96 Å². The Morgan fingerprint density at radius 3 is 2.38 bits per heavy atom. The average Bonchev–Trinajstić information content (AvgIpc) is 2.96. The van der Waals surface area contributed by atoms with Crippen molar-refractivity contribution in [2.45, 2.75) is 78.0 Å². The van der Waals surface area contributed by atoms with Gasteiger partial charge in [0.05, 0.1) is 5.54 Å². The first-order valence-corrected chi connectivity index (χ1v) is 11.2. The van der Waals surface area contributed by atoms with Crippen LogP contribution in [-0.4, -0.2) is 54.9 Å². The third-order valence-corrected chi connectivity index (χ3v) is 4.96. The molecule has 8 nitrogen and oxygen atoms in total. The number of halogens is 1. The molecule has 1 saturated heterocycles. The summed E-state index contributed by atoms with van der Waals surface area (Å²) in [5, 5.41) is 9.51. The van der Waals surface area contributed by atoms with Crippen LogP contribution in [0, 0.1) is 0 Å². The lowest BCUT2D eigenvalue weighted by atomic mass is 10.1. The van der Waals surface area contributed by atoms with Crippen LogP contribution in [0.3, 0.4) is 0 Å². The number of guanidine groups is 1. The molecule has 0 spiro atoms. The van der Waals surface area contributed by atoms with E-state index in [1.807, 2.05) is 46.9 Å². The van der Waals surface area contributed by atoms with Crippen LogP contribution in [0.5, 0.6) is 0 Å². The minimum Gasteiger partial charge on any atom is -0.444 e. The highest BCUT2D eigenvalue weighted by Crippen LogP contribution is 2.18. The van der Waals surface area contributed by atoms with Gasteiger partial charge in [-0.25, -0.2) is 9.78 Å². The summed E-state index contributed by atoms with van der Waals surface area (Å²) in [6.45, 7) is 12.7. The zero-order chi connectivity index (χ0) is 22.9. The van der Waals surface area contributed by atoms with Crippen molar-refractivity contribution in [2.75, 3.05) is 31.6 Å². The van der Waals surface area contributed by atoms with Gasteiger partial charge in [0.1, 0.15) is 11.4 Å². The lowest BCUT2D eigenvalue weighted by Crippen LogP contribution is -2.54. The van der Waals surface area contributed by atoms with Crippen molar-refractivity contribution in [1.82, 2.24) is 20.9 Å². The number of rotatable bonds is 6. The number of carbonyl (C=O) groups excluding carboxylic acids is 1. The fraction of sp³-hybridized carbons (Fsp3) is 0.696. The van der Waals surface area contributed by atoms with Gasteiger partial charge in [-0.15, -0.1) is 24.0 Å². The Labute approximate surface area is 210 Å². The maximum absolute atomic E-state index is 12.1. The molecule has 1 aromatic heterocycles. The number of nitrogens with zero attached hydrogens (tertiary/aromatic N) is 3. The molecule has 9 heteroatoms. The van der Waals surface area contributed by atoms with Crippen molar-refractivity contribution >= 4 is 41.8 Å². The molecule has 0 atom stereocenters. The summed E-state index contributed by atoms with van der Waals surface area (Å²) in [6, 6.07) is 4.18. The molecule has 2 rings (SSSR count). The zero-order valence-electron chi connectivity index (χ0n) is 20.5. The zero-order valence-corrected chi connectivity index (χ0v) is 22.8. The highest BCUT2D eigenvalue weighted by molar-refractivity contribution is 14.0. The van der Waals surface area contributed by atoms with E-state index in [1.165, 1.54) is 25.7 Å². The molecule has 1 aromatic rings. The smallest absolute Gasteiger partial charge is 0.408 e. The molecule has 0 aliphatic carbocycles. The molecule has 1 aliphatic rings. The van der Waals surface area contributed by atoms with Gasteiger partial charge >= 0.3 is 6.09 Å². The molecule has 1 fully saturated rings. The van der Waals surface area contributed by atoms with E-state index in [2.05, 4.69) is 36.9 Å². The largest absolute Gasteiger partial charge is 0.444 e. The summed E-state index contributed by atoms with van der Waals surface area (Å²) >= 11 is 0. The standard InChI is InChI=1S/C23H40N6O2.HI/c1-22(2,3)31-21(30)28-23(4,5)17-27-20(24-6)26-16-18-11-12-25-19(15-18)29-13-9-7-8-10-14-29;/h11-12,15H,7-10,13-14,16-17H2,1-6H3,(H,28,30)(H2,24,26,27);1H. The van der Waals surface area contributed by atoms with E-state index in [0.29, 0.717) is 19.0 Å². The molecule has 1 amide bonds. The molecule has 2 heterocycles. The Hall–Kier alpha value is -1.78. The van der Waals surface area contributed by atoms with Gasteiger partial charge in [0.2, 0.25) is 0 Å². The molecule has 32 heavy (non-hydrogen) atoms. The number of amides is 1. The van der Waals surface area contributed by atoms with E-state index in [9.17, 15) is 4.79 Å². The van der Waals surface area contributed by atoms with Crippen LogP contribution in [0.15, 0.2) is 23.3 Å². The van der Waals surface area contributed by atoms with E-state index in [1.54, 1.807) is 7.05 Å². The second-order valence-electron chi connectivity index (χ2n) is 9.71. The summed E-state index contributed by atoms with van der Waals surface area (Å²) in [7, 11) is 1.73. The van der Waals surface area contributed by atoms with E-state index in [-0.39, 0.29) is 24.0 Å². The Bertz CT molecular complexity index is 740. The molecule has 0 saturated carbocycles. The molecule has 0 unspecified atom stereocenters. The molecule has 1 aliphatic heterocycles.